The molecule has 6 heterocycles. The Morgan fingerprint density at radius 2 is 0.643 bits per heavy atom. The van der Waals surface area contributed by atoms with E-state index in [1.54, 1.807) is 0 Å². The van der Waals surface area contributed by atoms with Gasteiger partial charge in [0, 0.05) is 81.7 Å². The van der Waals surface area contributed by atoms with Crippen LogP contribution in [-0.2, 0) is 16.2 Å². The highest BCUT2D eigenvalue weighted by molar-refractivity contribution is 6.30. The molecule has 0 saturated carbocycles. The van der Waals surface area contributed by atoms with Gasteiger partial charge in [0.15, 0.2) is 0 Å². The predicted octanol–water partition coefficient (Wildman–Crippen LogP) is 18.5. The summed E-state index contributed by atoms with van der Waals surface area (Å²) in [5, 5.41) is 15.6. The van der Waals surface area contributed by atoms with Gasteiger partial charge in [-0.3, -0.25) is 0 Å². The minimum absolute atomic E-state index is 0.0207. The van der Waals surface area contributed by atoms with Crippen LogP contribution in [0.3, 0.4) is 0 Å². The fourth-order valence-corrected chi connectivity index (χ4v) is 12.6. The van der Waals surface area contributed by atoms with Gasteiger partial charge in [-0.15, -0.1) is 0 Å². The number of anilines is 3. The molecule has 0 atom stereocenters. The first-order chi connectivity index (χ1) is 33.6. The van der Waals surface area contributed by atoms with Gasteiger partial charge in [0.1, 0.15) is 0 Å². The Labute approximate surface area is 406 Å². The summed E-state index contributed by atoms with van der Waals surface area (Å²) in [4.78, 5) is 2.48. The summed E-state index contributed by atoms with van der Waals surface area (Å²) < 4.78 is 7.66. The molecule has 0 radical (unpaired) electrons. The van der Waals surface area contributed by atoms with E-state index in [0.717, 1.165) is 17.1 Å². The van der Waals surface area contributed by atoms with Crippen LogP contribution in [-0.4, -0.2) is 13.2 Å². The largest absolute Gasteiger partial charge is 0.310 e. The lowest BCUT2D eigenvalue weighted by Crippen LogP contribution is -2.11. The van der Waals surface area contributed by atoms with Crippen molar-refractivity contribution in [2.45, 2.75) is 78.6 Å². The van der Waals surface area contributed by atoms with Crippen molar-refractivity contribution in [1.29, 1.82) is 0 Å². The van der Waals surface area contributed by atoms with Crippen LogP contribution >= 0.6 is 0 Å². The average Bonchev–Trinajstić information content (AvgIpc) is 4.17. The van der Waals surface area contributed by atoms with Crippen molar-refractivity contribution < 1.29 is 0 Å². The van der Waals surface area contributed by atoms with E-state index in [1.807, 2.05) is 0 Å². The number of benzene rings is 9. The van der Waals surface area contributed by atoms with Crippen molar-refractivity contribution in [2.75, 3.05) is 4.90 Å². The fourth-order valence-electron chi connectivity index (χ4n) is 12.6. The van der Waals surface area contributed by atoms with Gasteiger partial charge in [-0.25, -0.2) is 0 Å². The Bertz CT molecular complexity index is 4600. The molecule has 9 aromatic carbocycles. The van der Waals surface area contributed by atoms with E-state index < -0.39 is 0 Å². The number of fused-ring (bicyclic) bond motifs is 18. The van der Waals surface area contributed by atoms with E-state index in [9.17, 15) is 0 Å². The third-order valence-electron chi connectivity index (χ3n) is 16.2. The summed E-state index contributed by atoms with van der Waals surface area (Å²) in [7, 11) is 0. The van der Waals surface area contributed by atoms with Crippen molar-refractivity contribution in [3.63, 3.8) is 0 Å². The summed E-state index contributed by atoms with van der Waals surface area (Å²) in [5.74, 6) is 0. The molecule has 0 aliphatic rings. The molecule has 70 heavy (non-hydrogen) atoms. The van der Waals surface area contributed by atoms with Gasteiger partial charge in [-0.1, -0.05) is 129 Å². The molecule has 0 unspecified atom stereocenters. The van der Waals surface area contributed by atoms with E-state index in [-0.39, 0.29) is 16.2 Å². The van der Waals surface area contributed by atoms with E-state index in [0.29, 0.717) is 0 Å². The highest BCUT2D eigenvalue weighted by atomic mass is 15.1. The SMILES string of the molecule is CC(C)(C)c1ccc2c(c1)c1cc(C(C)(C)C)cc3c4cc5c(cc4n2c13)c1cc(C(C)(C)C)cc2c3ccc(N(c4ccccc4)c4cc6c7ccccc7n7c8ccccc8c(c4)c67)cc3n5c21. The standard InChI is InChI=1S/C66H54N4/c1-64(2,3)37-23-26-57-46(27-37)50-29-39(66(7,8)9)31-52-47-36-60-48(35-59(47)69(57)62(50)52)51-30-38(65(4,5)6)28-49-45-25-24-41(34-58(45)70(60)61(49)51)67(40-17-11-10-12-18-40)42-32-53-43-19-13-15-21-55(43)68-56-22-16-14-20-44(56)54(33-42)63(53)68/h10-36H,1-9H3. The number of para-hydroxylation sites is 3. The molecule has 0 fully saturated rings. The van der Waals surface area contributed by atoms with Crippen LogP contribution in [0, 0.1) is 0 Å². The molecule has 15 aromatic rings. The third kappa shape index (κ3) is 5.16. The molecule has 4 heteroatoms. The Morgan fingerprint density at radius 1 is 0.257 bits per heavy atom. The molecule has 338 valence electrons. The van der Waals surface area contributed by atoms with Crippen molar-refractivity contribution >= 4 is 131 Å². The first-order valence-corrected chi connectivity index (χ1v) is 25.1. The van der Waals surface area contributed by atoms with Gasteiger partial charge < -0.3 is 18.1 Å². The second-order valence-corrected chi connectivity index (χ2v) is 23.5. The van der Waals surface area contributed by atoms with E-state index in [2.05, 4.69) is 244 Å². The molecule has 0 N–H and O–H groups in total. The minimum atomic E-state index is -0.0441. The zero-order valence-corrected chi connectivity index (χ0v) is 41.4. The molecule has 0 spiro atoms. The number of hydrogen-bond acceptors (Lipinski definition) is 1. The highest BCUT2D eigenvalue weighted by Gasteiger charge is 2.29. The van der Waals surface area contributed by atoms with Crippen LogP contribution in [0.25, 0.3) is 114 Å². The molecule has 6 aromatic heterocycles. The van der Waals surface area contributed by atoms with Gasteiger partial charge in [0.2, 0.25) is 0 Å². The number of hydrogen-bond donors (Lipinski definition) is 0. The fraction of sp³-hybridized carbons (Fsp3) is 0.182. The smallest absolute Gasteiger partial charge is 0.0622 e. The first kappa shape index (κ1) is 40.1. The van der Waals surface area contributed by atoms with Crippen LogP contribution in [0.15, 0.2) is 164 Å². The van der Waals surface area contributed by atoms with E-state index in [4.69, 9.17) is 0 Å². The molecule has 4 nitrogen and oxygen atoms in total. The van der Waals surface area contributed by atoms with Crippen molar-refractivity contribution in [3.05, 3.63) is 180 Å². The predicted molar refractivity (Wildman–Crippen MR) is 301 cm³/mol. The number of nitrogens with zero attached hydrogens (tertiary/aromatic N) is 4. The number of aromatic nitrogens is 3. The Kier molecular flexibility index (Phi) is 7.49. The lowest BCUT2D eigenvalue weighted by molar-refractivity contribution is 0.590. The van der Waals surface area contributed by atoms with Crippen LogP contribution in [0.1, 0.15) is 79.0 Å². The van der Waals surface area contributed by atoms with Crippen LogP contribution in [0.4, 0.5) is 17.1 Å². The van der Waals surface area contributed by atoms with Crippen molar-refractivity contribution in [2.24, 2.45) is 0 Å². The lowest BCUT2D eigenvalue weighted by Gasteiger charge is -2.26. The van der Waals surface area contributed by atoms with Gasteiger partial charge in [-0.2, -0.15) is 0 Å². The molecular weight excluding hydrogens is 849 g/mol. The zero-order chi connectivity index (χ0) is 47.5. The molecular formula is C66H54N4. The van der Waals surface area contributed by atoms with Gasteiger partial charge in [-0.05, 0) is 130 Å². The minimum Gasteiger partial charge on any atom is -0.310 e. The molecule has 0 aliphatic heterocycles. The Hall–Kier alpha value is -7.82. The maximum atomic E-state index is 2.60. The van der Waals surface area contributed by atoms with E-state index >= 15 is 0 Å². The quantitative estimate of drug-likeness (QED) is 0.173. The maximum absolute atomic E-state index is 2.60. The molecule has 0 bridgehead atoms. The molecule has 0 amide bonds. The molecule has 15 rings (SSSR count). The monoisotopic (exact) mass is 902 g/mol. The van der Waals surface area contributed by atoms with Gasteiger partial charge in [0.05, 0.1) is 49.7 Å². The average molecular weight is 903 g/mol. The normalized spacial score (nSPS) is 13.5. The third-order valence-corrected chi connectivity index (χ3v) is 16.2. The van der Waals surface area contributed by atoms with E-state index in [1.165, 1.54) is 131 Å². The highest BCUT2D eigenvalue weighted by Crippen LogP contribution is 2.50. The van der Waals surface area contributed by atoms with Gasteiger partial charge in [0.25, 0.3) is 0 Å². The van der Waals surface area contributed by atoms with Crippen molar-refractivity contribution in [3.8, 4) is 0 Å². The second-order valence-electron chi connectivity index (χ2n) is 23.5. The summed E-state index contributed by atoms with van der Waals surface area (Å²) in [6.45, 7) is 21.1. The Balaban J connectivity index is 1.05. The summed E-state index contributed by atoms with van der Waals surface area (Å²) in [6.07, 6.45) is 0. The summed E-state index contributed by atoms with van der Waals surface area (Å²) >= 11 is 0. The summed E-state index contributed by atoms with van der Waals surface area (Å²) in [5.41, 5.74) is 18.9. The van der Waals surface area contributed by atoms with Crippen LogP contribution in [0.2, 0.25) is 0 Å². The van der Waals surface area contributed by atoms with Crippen molar-refractivity contribution in [1.82, 2.24) is 13.2 Å². The second kappa shape index (κ2) is 13.1. The summed E-state index contributed by atoms with van der Waals surface area (Å²) in [6, 6.07) is 63.0. The van der Waals surface area contributed by atoms with Crippen LogP contribution < -0.4 is 4.90 Å². The molecule has 0 saturated heterocycles. The number of rotatable bonds is 3. The maximum Gasteiger partial charge on any atom is 0.0622 e. The topological polar surface area (TPSA) is 16.5 Å². The van der Waals surface area contributed by atoms with Gasteiger partial charge >= 0.3 is 0 Å². The lowest BCUT2D eigenvalue weighted by atomic mass is 9.84. The first-order valence-electron chi connectivity index (χ1n) is 25.1. The zero-order valence-electron chi connectivity index (χ0n) is 41.4. The molecule has 0 aliphatic carbocycles. The Morgan fingerprint density at radius 3 is 1.17 bits per heavy atom. The van der Waals surface area contributed by atoms with Crippen LogP contribution in [0.5, 0.6) is 0 Å².